The molecule has 106 valence electrons. The Balaban J connectivity index is 2.40. The molecule has 1 atom stereocenters. The lowest BCUT2D eigenvalue weighted by molar-refractivity contribution is -0.389. The average molecular weight is 279 g/mol. The highest BCUT2D eigenvalue weighted by Crippen LogP contribution is 2.33. The molecule has 0 radical (unpaired) electrons. The van der Waals surface area contributed by atoms with E-state index in [1.54, 1.807) is 6.92 Å². The van der Waals surface area contributed by atoms with Crippen LogP contribution < -0.4 is 9.64 Å². The maximum Gasteiger partial charge on any atom is 0.366 e. The van der Waals surface area contributed by atoms with Gasteiger partial charge in [-0.05, 0) is 29.8 Å². The van der Waals surface area contributed by atoms with E-state index >= 15 is 0 Å². The highest BCUT2D eigenvalue weighted by atomic mass is 16.6. The van der Waals surface area contributed by atoms with Crippen LogP contribution in [0.25, 0.3) is 0 Å². The molecule has 1 aliphatic rings. The zero-order chi connectivity index (χ0) is 14.9. The van der Waals surface area contributed by atoms with E-state index in [0.29, 0.717) is 5.75 Å². The summed E-state index contributed by atoms with van der Waals surface area (Å²) in [6.45, 7) is 3.12. The van der Waals surface area contributed by atoms with E-state index < -0.39 is 11.0 Å². The summed E-state index contributed by atoms with van der Waals surface area (Å²) in [7, 11) is 0. The number of aromatic nitrogens is 1. The molecule has 1 aliphatic heterocycles. The Morgan fingerprint density at radius 1 is 1.55 bits per heavy atom. The fraction of sp³-hybridized carbons (Fsp3) is 0.417. The highest BCUT2D eigenvalue weighted by Gasteiger charge is 2.36. The topological polar surface area (TPSA) is 103 Å². The first-order valence-corrected chi connectivity index (χ1v) is 6.03. The Kier molecular flexibility index (Phi) is 3.64. The predicted molar refractivity (Wildman–Crippen MR) is 68.6 cm³/mol. The largest absolute Gasteiger partial charge is 0.475 e. The molecule has 1 aromatic rings. The van der Waals surface area contributed by atoms with Gasteiger partial charge in [0.25, 0.3) is 11.7 Å². The molecule has 1 aromatic heterocycles. The average Bonchev–Trinajstić information content (AvgIpc) is 2.38. The number of anilines is 1. The minimum atomic E-state index is -0.710. The number of Topliss-reactive ketones (excluding diaryl/α,β-unsaturated/α-hetero) is 1. The fourth-order valence-corrected chi connectivity index (χ4v) is 1.86. The molecule has 2 heterocycles. The Labute approximate surface area is 114 Å². The van der Waals surface area contributed by atoms with Crippen molar-refractivity contribution in [2.45, 2.75) is 26.4 Å². The third-order valence-corrected chi connectivity index (χ3v) is 2.87. The zero-order valence-electron chi connectivity index (χ0n) is 11.0. The van der Waals surface area contributed by atoms with Gasteiger partial charge in [0.05, 0.1) is 0 Å². The molecule has 0 N–H and O–H groups in total. The van der Waals surface area contributed by atoms with Crippen molar-refractivity contribution >= 4 is 23.3 Å². The number of carbonyl (C=O) groups excluding carboxylic acids is 2. The normalized spacial score (nSPS) is 17.4. The molecule has 2 rings (SSSR count). The first kappa shape index (κ1) is 13.9. The minimum Gasteiger partial charge on any atom is -0.475 e. The molecule has 1 unspecified atom stereocenters. The van der Waals surface area contributed by atoms with Crippen molar-refractivity contribution < 1.29 is 19.2 Å². The van der Waals surface area contributed by atoms with Gasteiger partial charge in [-0.15, -0.1) is 0 Å². The number of ether oxygens (including phenoxy) is 1. The van der Waals surface area contributed by atoms with Gasteiger partial charge in [-0.1, -0.05) is 0 Å². The Morgan fingerprint density at radius 3 is 2.85 bits per heavy atom. The number of carbonyl (C=O) groups is 2. The van der Waals surface area contributed by atoms with Gasteiger partial charge in [-0.2, -0.15) is 0 Å². The summed E-state index contributed by atoms with van der Waals surface area (Å²) in [5.41, 5.74) is 0. The van der Waals surface area contributed by atoms with E-state index in [2.05, 4.69) is 4.98 Å². The second-order valence-corrected chi connectivity index (χ2v) is 4.45. The van der Waals surface area contributed by atoms with Gasteiger partial charge in [0.2, 0.25) is 0 Å². The number of amides is 1. The molecule has 8 nitrogen and oxygen atoms in total. The van der Waals surface area contributed by atoms with Gasteiger partial charge in [-0.3, -0.25) is 14.5 Å². The summed E-state index contributed by atoms with van der Waals surface area (Å²) < 4.78 is 5.35. The van der Waals surface area contributed by atoms with E-state index in [0.717, 1.165) is 0 Å². The van der Waals surface area contributed by atoms with Crippen molar-refractivity contribution in [3.63, 3.8) is 0 Å². The number of ketones is 1. The van der Waals surface area contributed by atoms with Crippen LogP contribution in [0.3, 0.4) is 0 Å². The molecule has 0 aliphatic carbocycles. The number of fused-ring (bicyclic) bond motifs is 1. The first-order chi connectivity index (χ1) is 9.40. The molecule has 20 heavy (non-hydrogen) atoms. The molecule has 8 heteroatoms. The summed E-state index contributed by atoms with van der Waals surface area (Å²) in [5.74, 6) is -0.437. The third-order valence-electron chi connectivity index (χ3n) is 2.87. The van der Waals surface area contributed by atoms with Gasteiger partial charge in [0.15, 0.2) is 11.9 Å². The molecular formula is C12H13N3O5. The van der Waals surface area contributed by atoms with E-state index in [-0.39, 0.29) is 36.3 Å². The van der Waals surface area contributed by atoms with Crippen LogP contribution in [0.1, 0.15) is 20.3 Å². The van der Waals surface area contributed by atoms with E-state index in [1.165, 1.54) is 24.0 Å². The minimum absolute atomic E-state index is 0.0797. The second kappa shape index (κ2) is 5.24. The summed E-state index contributed by atoms with van der Waals surface area (Å²) in [5, 5.41) is 10.8. The van der Waals surface area contributed by atoms with Crippen LogP contribution in [0.5, 0.6) is 5.75 Å². The standard InChI is InChI=1S/C12H13N3O5/c1-7(16)5-6-14-11-9(20-8(2)12(14)17)3-4-10(13-11)15(18)19/h3-4,8H,5-6H2,1-2H3. The number of pyridine rings is 1. The monoisotopic (exact) mass is 279 g/mol. The quantitative estimate of drug-likeness (QED) is 0.603. The summed E-state index contributed by atoms with van der Waals surface area (Å²) in [6.07, 6.45) is -0.555. The summed E-state index contributed by atoms with van der Waals surface area (Å²) in [6, 6.07) is 2.62. The van der Waals surface area contributed by atoms with Gasteiger partial charge in [0, 0.05) is 19.0 Å². The summed E-state index contributed by atoms with van der Waals surface area (Å²) >= 11 is 0. The Bertz CT molecular complexity index is 586. The predicted octanol–water partition coefficient (Wildman–Crippen LogP) is 1.08. The van der Waals surface area contributed by atoms with E-state index in [4.69, 9.17) is 4.74 Å². The molecule has 0 saturated carbocycles. The number of hydrogen-bond acceptors (Lipinski definition) is 6. The van der Waals surface area contributed by atoms with Crippen molar-refractivity contribution in [2.75, 3.05) is 11.4 Å². The molecule has 0 spiro atoms. The lowest BCUT2D eigenvalue weighted by atomic mass is 10.2. The number of nitro groups is 1. The van der Waals surface area contributed by atoms with Crippen LogP contribution >= 0.6 is 0 Å². The molecule has 0 saturated heterocycles. The maximum atomic E-state index is 12.1. The van der Waals surface area contributed by atoms with Crippen LogP contribution in [0, 0.1) is 10.1 Å². The van der Waals surface area contributed by atoms with E-state index in [9.17, 15) is 19.7 Å². The first-order valence-electron chi connectivity index (χ1n) is 6.03. The van der Waals surface area contributed by atoms with Crippen molar-refractivity contribution in [2.24, 2.45) is 0 Å². The number of rotatable bonds is 4. The van der Waals surface area contributed by atoms with Gasteiger partial charge in [0.1, 0.15) is 5.78 Å². The fourth-order valence-electron chi connectivity index (χ4n) is 1.86. The van der Waals surface area contributed by atoms with Crippen LogP contribution in [0.15, 0.2) is 12.1 Å². The molecule has 1 amide bonds. The third kappa shape index (κ3) is 2.58. The van der Waals surface area contributed by atoms with Gasteiger partial charge < -0.3 is 14.9 Å². The van der Waals surface area contributed by atoms with Crippen molar-refractivity contribution in [1.29, 1.82) is 0 Å². The smallest absolute Gasteiger partial charge is 0.366 e. The molecule has 0 bridgehead atoms. The number of nitrogens with zero attached hydrogens (tertiary/aromatic N) is 3. The van der Waals surface area contributed by atoms with Crippen LogP contribution in [-0.4, -0.2) is 34.2 Å². The number of hydrogen-bond donors (Lipinski definition) is 0. The van der Waals surface area contributed by atoms with Gasteiger partial charge in [-0.25, -0.2) is 0 Å². The lowest BCUT2D eigenvalue weighted by Gasteiger charge is -2.29. The Morgan fingerprint density at radius 2 is 2.25 bits per heavy atom. The van der Waals surface area contributed by atoms with Crippen molar-refractivity contribution in [3.8, 4) is 5.75 Å². The molecular weight excluding hydrogens is 266 g/mol. The molecule has 0 fully saturated rings. The SMILES string of the molecule is CC(=O)CCN1C(=O)C(C)Oc2ccc([N+](=O)[O-])nc21. The molecule has 0 aromatic carbocycles. The lowest BCUT2D eigenvalue weighted by Crippen LogP contribution is -2.45. The van der Waals surface area contributed by atoms with Crippen LogP contribution in [-0.2, 0) is 9.59 Å². The second-order valence-electron chi connectivity index (χ2n) is 4.45. The van der Waals surface area contributed by atoms with E-state index in [1.807, 2.05) is 0 Å². The zero-order valence-corrected chi connectivity index (χ0v) is 11.0. The Hall–Kier alpha value is -2.51. The maximum absolute atomic E-state index is 12.1. The van der Waals surface area contributed by atoms with Crippen LogP contribution in [0.2, 0.25) is 0 Å². The van der Waals surface area contributed by atoms with Crippen molar-refractivity contribution in [3.05, 3.63) is 22.2 Å². The highest BCUT2D eigenvalue weighted by molar-refractivity contribution is 5.99. The summed E-state index contributed by atoms with van der Waals surface area (Å²) in [4.78, 5) is 38.3. The van der Waals surface area contributed by atoms with Gasteiger partial charge >= 0.3 is 5.82 Å². The van der Waals surface area contributed by atoms with Crippen molar-refractivity contribution in [1.82, 2.24) is 4.98 Å². The van der Waals surface area contributed by atoms with Crippen LogP contribution in [0.4, 0.5) is 11.6 Å².